The van der Waals surface area contributed by atoms with Crippen molar-refractivity contribution in [3.63, 3.8) is 0 Å². The number of thiazole rings is 1. The lowest BCUT2D eigenvalue weighted by Gasteiger charge is -2.27. The van der Waals surface area contributed by atoms with Gasteiger partial charge < -0.3 is 14.5 Å². The van der Waals surface area contributed by atoms with E-state index in [-0.39, 0.29) is 5.41 Å². The summed E-state index contributed by atoms with van der Waals surface area (Å²) in [4.78, 5) is 9.47. The molecule has 0 aliphatic carbocycles. The van der Waals surface area contributed by atoms with Crippen molar-refractivity contribution in [1.82, 2.24) is 9.55 Å². The Bertz CT molecular complexity index is 2490. The minimum Gasteiger partial charge on any atom is -0.457 e. The van der Waals surface area contributed by atoms with Crippen LogP contribution >= 0.6 is 11.3 Å². The average molecular weight is 669 g/mol. The largest absolute Gasteiger partial charge is 0.457 e. The number of rotatable bonds is 6. The van der Waals surface area contributed by atoms with Crippen LogP contribution in [0.15, 0.2) is 151 Å². The molecule has 244 valence electrons. The number of hydrogen-bond donors (Lipinski definition) is 0. The van der Waals surface area contributed by atoms with E-state index in [1.165, 1.54) is 44.5 Å². The molecule has 6 heteroatoms. The Balaban J connectivity index is 1.09. The van der Waals surface area contributed by atoms with E-state index < -0.39 is 0 Å². The summed E-state index contributed by atoms with van der Waals surface area (Å²) in [6, 6.07) is 49.6. The normalized spacial score (nSPS) is 12.9. The molecule has 3 heterocycles. The lowest BCUT2D eigenvalue weighted by atomic mass is 9.85. The Labute approximate surface area is 296 Å². The first-order chi connectivity index (χ1) is 24.4. The van der Waals surface area contributed by atoms with Crippen molar-refractivity contribution in [2.75, 3.05) is 16.5 Å². The maximum atomic E-state index is 6.61. The number of aromatic nitrogens is 2. The fraction of sp³-hybridized carbons (Fsp3) is 0.114. The van der Waals surface area contributed by atoms with E-state index in [1.807, 2.05) is 17.6 Å². The number of ether oxygens (including phenoxy) is 1. The van der Waals surface area contributed by atoms with Crippen LogP contribution in [0, 0.1) is 0 Å². The van der Waals surface area contributed by atoms with E-state index in [2.05, 4.69) is 174 Å². The van der Waals surface area contributed by atoms with Crippen LogP contribution in [0.5, 0.6) is 11.5 Å². The van der Waals surface area contributed by atoms with Crippen molar-refractivity contribution < 1.29 is 4.74 Å². The molecule has 9 rings (SSSR count). The van der Waals surface area contributed by atoms with Crippen LogP contribution in [0.3, 0.4) is 0 Å². The van der Waals surface area contributed by atoms with Crippen LogP contribution in [-0.4, -0.2) is 16.2 Å². The molecule has 5 nitrogen and oxygen atoms in total. The molecular formula is C44H36N4OS. The summed E-state index contributed by atoms with van der Waals surface area (Å²) in [5.41, 5.74) is 10.6. The zero-order chi connectivity index (χ0) is 33.8. The van der Waals surface area contributed by atoms with Gasteiger partial charge in [-0.2, -0.15) is 0 Å². The molecule has 0 radical (unpaired) electrons. The van der Waals surface area contributed by atoms with Gasteiger partial charge in [0.1, 0.15) is 18.2 Å². The zero-order valence-electron chi connectivity index (χ0n) is 28.2. The van der Waals surface area contributed by atoms with Gasteiger partial charge in [0.05, 0.1) is 28.1 Å². The van der Waals surface area contributed by atoms with Crippen LogP contribution in [-0.2, 0) is 5.41 Å². The third-order valence-corrected chi connectivity index (χ3v) is 10.4. The average Bonchev–Trinajstić information content (AvgIpc) is 3.88. The lowest BCUT2D eigenvalue weighted by Crippen LogP contribution is -2.25. The molecule has 0 fully saturated rings. The van der Waals surface area contributed by atoms with Crippen LogP contribution in [0.4, 0.5) is 22.7 Å². The lowest BCUT2D eigenvalue weighted by molar-refractivity contribution is 0.483. The Morgan fingerprint density at radius 3 is 2.16 bits per heavy atom. The smallest absolute Gasteiger partial charge is 0.194 e. The van der Waals surface area contributed by atoms with Crippen molar-refractivity contribution in [2.45, 2.75) is 26.2 Å². The minimum absolute atomic E-state index is 0.0201. The van der Waals surface area contributed by atoms with E-state index in [1.54, 1.807) is 11.3 Å². The van der Waals surface area contributed by atoms with Crippen molar-refractivity contribution in [3.05, 3.63) is 157 Å². The van der Waals surface area contributed by atoms with E-state index in [9.17, 15) is 0 Å². The standard InChI is InChI=1S/C44H36N4OS/c1-44(2,3)31-20-22-35(30-12-5-4-6-13-30)41(26-31)47-29-46(39-18-9-10-19-40(39)47)32-14-11-15-33(27-32)49-34-21-23-37-36-16-7-8-17-38(36)48(42(37)28-34)43-45-24-25-50-43/h4-28H,29H2,1-3H3. The highest BCUT2D eigenvalue weighted by molar-refractivity contribution is 7.12. The van der Waals surface area contributed by atoms with Crippen LogP contribution in [0.1, 0.15) is 26.3 Å². The highest BCUT2D eigenvalue weighted by Crippen LogP contribution is 2.48. The zero-order valence-corrected chi connectivity index (χ0v) is 29.1. The Hall–Kier alpha value is -5.85. The molecule has 1 aliphatic heterocycles. The third-order valence-electron chi connectivity index (χ3n) is 9.61. The maximum absolute atomic E-state index is 6.61. The predicted molar refractivity (Wildman–Crippen MR) is 209 cm³/mol. The molecule has 0 N–H and O–H groups in total. The molecule has 50 heavy (non-hydrogen) atoms. The predicted octanol–water partition coefficient (Wildman–Crippen LogP) is 12.2. The summed E-state index contributed by atoms with van der Waals surface area (Å²) in [5, 5.41) is 5.34. The van der Waals surface area contributed by atoms with Gasteiger partial charge in [-0.3, -0.25) is 4.57 Å². The Morgan fingerprint density at radius 1 is 0.620 bits per heavy atom. The number of nitrogens with zero attached hydrogens (tertiary/aromatic N) is 4. The minimum atomic E-state index is 0.0201. The molecule has 6 aromatic carbocycles. The fourth-order valence-corrected chi connectivity index (χ4v) is 7.79. The summed E-state index contributed by atoms with van der Waals surface area (Å²) >= 11 is 1.63. The van der Waals surface area contributed by atoms with Crippen LogP contribution in [0.2, 0.25) is 0 Å². The fourth-order valence-electron chi connectivity index (χ4n) is 7.12. The molecule has 2 aromatic heterocycles. The third kappa shape index (κ3) is 5.20. The molecule has 0 bridgehead atoms. The molecule has 1 aliphatic rings. The van der Waals surface area contributed by atoms with E-state index in [4.69, 9.17) is 4.74 Å². The van der Waals surface area contributed by atoms with Crippen LogP contribution in [0.25, 0.3) is 38.1 Å². The Kier molecular flexibility index (Phi) is 7.21. The Morgan fingerprint density at radius 2 is 1.36 bits per heavy atom. The van der Waals surface area contributed by atoms with Crippen LogP contribution < -0.4 is 14.5 Å². The quantitative estimate of drug-likeness (QED) is 0.177. The highest BCUT2D eigenvalue weighted by Gasteiger charge is 2.30. The number of fused-ring (bicyclic) bond motifs is 4. The molecule has 0 atom stereocenters. The van der Waals surface area contributed by atoms with Gasteiger partial charge in [0, 0.05) is 45.7 Å². The topological polar surface area (TPSA) is 33.5 Å². The molecule has 8 aromatic rings. The van der Waals surface area contributed by atoms with Crippen molar-refractivity contribution in [2.24, 2.45) is 0 Å². The van der Waals surface area contributed by atoms with Crippen molar-refractivity contribution >= 4 is 55.9 Å². The first-order valence-electron chi connectivity index (χ1n) is 17.0. The number of anilines is 4. The molecule has 0 spiro atoms. The van der Waals surface area contributed by atoms with Gasteiger partial charge in [-0.25, -0.2) is 4.98 Å². The number of hydrogen-bond acceptors (Lipinski definition) is 5. The second kappa shape index (κ2) is 11.9. The van der Waals surface area contributed by atoms with Gasteiger partial charge in [-0.15, -0.1) is 11.3 Å². The van der Waals surface area contributed by atoms with Crippen molar-refractivity contribution in [3.8, 4) is 27.8 Å². The molecule has 0 saturated carbocycles. The SMILES string of the molecule is CC(C)(C)c1ccc(-c2ccccc2)c(N2CN(c3cccc(Oc4ccc5c6ccccc6n(-c6nccs6)c5c4)c3)c3ccccc32)c1. The van der Waals surface area contributed by atoms with Gasteiger partial charge in [-0.05, 0) is 65.1 Å². The summed E-state index contributed by atoms with van der Waals surface area (Å²) < 4.78 is 8.84. The molecule has 0 amide bonds. The van der Waals surface area contributed by atoms with Gasteiger partial charge in [-0.1, -0.05) is 99.6 Å². The summed E-state index contributed by atoms with van der Waals surface area (Å²) in [6.07, 6.45) is 1.86. The first kappa shape index (κ1) is 30.2. The molecular weight excluding hydrogens is 633 g/mol. The van der Waals surface area contributed by atoms with Gasteiger partial charge in [0.25, 0.3) is 0 Å². The van der Waals surface area contributed by atoms with E-state index >= 15 is 0 Å². The second-order valence-electron chi connectivity index (χ2n) is 13.8. The maximum Gasteiger partial charge on any atom is 0.194 e. The molecule has 0 saturated heterocycles. The van der Waals surface area contributed by atoms with Gasteiger partial charge >= 0.3 is 0 Å². The van der Waals surface area contributed by atoms with Gasteiger partial charge in [0.15, 0.2) is 5.13 Å². The summed E-state index contributed by atoms with van der Waals surface area (Å²) in [7, 11) is 0. The monoisotopic (exact) mass is 668 g/mol. The molecule has 0 unspecified atom stereocenters. The first-order valence-corrected chi connectivity index (χ1v) is 17.9. The highest BCUT2D eigenvalue weighted by atomic mass is 32.1. The second-order valence-corrected chi connectivity index (χ2v) is 14.7. The number of benzene rings is 6. The van der Waals surface area contributed by atoms with Crippen molar-refractivity contribution in [1.29, 1.82) is 0 Å². The summed E-state index contributed by atoms with van der Waals surface area (Å²) in [5.74, 6) is 1.57. The van der Waals surface area contributed by atoms with E-state index in [0.29, 0.717) is 6.67 Å². The summed E-state index contributed by atoms with van der Waals surface area (Å²) in [6.45, 7) is 7.51. The number of para-hydroxylation sites is 3. The van der Waals surface area contributed by atoms with E-state index in [0.717, 1.165) is 33.4 Å². The van der Waals surface area contributed by atoms with Gasteiger partial charge in [0.2, 0.25) is 0 Å².